The first-order chi connectivity index (χ1) is 9.19. The molecule has 1 aromatic rings. The Labute approximate surface area is 114 Å². The average molecular weight is 260 g/mol. The summed E-state index contributed by atoms with van der Waals surface area (Å²) in [7, 11) is 1.65. The van der Waals surface area contributed by atoms with Crippen LogP contribution in [0.4, 0.5) is 0 Å². The summed E-state index contributed by atoms with van der Waals surface area (Å²) in [4.78, 5) is 12.1. The van der Waals surface area contributed by atoms with Crippen molar-refractivity contribution in [3.05, 3.63) is 35.4 Å². The maximum atomic E-state index is 12.1. The summed E-state index contributed by atoms with van der Waals surface area (Å²) < 4.78 is 5.03. The average Bonchev–Trinajstić information content (AvgIpc) is 2.43. The second-order valence-corrected chi connectivity index (χ2v) is 4.32. The highest BCUT2D eigenvalue weighted by Gasteiger charge is 2.10. The van der Waals surface area contributed by atoms with E-state index in [2.05, 4.69) is 17.2 Å². The maximum absolute atomic E-state index is 12.1. The normalized spacial score (nSPS) is 11.3. The van der Waals surface area contributed by atoms with E-state index in [9.17, 15) is 4.79 Å². The smallest absolute Gasteiger partial charge is 0.252 e. The van der Waals surface area contributed by atoms with Gasteiger partial charge in [0.2, 0.25) is 0 Å². The molecule has 19 heavy (non-hydrogen) atoms. The molecule has 1 rings (SSSR count). The lowest BCUT2D eigenvalue weighted by molar-refractivity contribution is 0.0934. The molecule has 102 valence electrons. The van der Waals surface area contributed by atoms with Crippen LogP contribution in [0.1, 0.15) is 22.8 Å². The Kier molecular flexibility index (Phi) is 6.65. The molecule has 0 saturated heterocycles. The Morgan fingerprint density at radius 1 is 1.47 bits per heavy atom. The van der Waals surface area contributed by atoms with E-state index in [1.165, 1.54) is 0 Å². The number of amides is 1. The molecule has 4 nitrogen and oxygen atoms in total. The summed E-state index contributed by atoms with van der Waals surface area (Å²) in [6.07, 6.45) is 0. The lowest BCUT2D eigenvalue weighted by Gasteiger charge is -2.12. The fraction of sp³-hybridized carbons (Fsp3) is 0.400. The number of methoxy groups -OCH3 is 1. The highest BCUT2D eigenvalue weighted by Crippen LogP contribution is 2.07. The summed E-state index contributed by atoms with van der Waals surface area (Å²) in [6, 6.07) is 7.25. The van der Waals surface area contributed by atoms with Crippen LogP contribution in [0.15, 0.2) is 24.3 Å². The van der Waals surface area contributed by atoms with E-state index in [0.717, 1.165) is 0 Å². The number of nitrogens with one attached hydrogen (secondary N) is 1. The van der Waals surface area contributed by atoms with E-state index in [1.54, 1.807) is 13.2 Å². The molecular weight excluding hydrogens is 240 g/mol. The molecule has 1 atom stereocenters. The molecule has 1 unspecified atom stereocenters. The molecule has 3 N–H and O–H groups in total. The van der Waals surface area contributed by atoms with E-state index >= 15 is 0 Å². The molecule has 0 aliphatic carbocycles. The topological polar surface area (TPSA) is 64.3 Å². The molecule has 0 aliphatic heterocycles. The van der Waals surface area contributed by atoms with Gasteiger partial charge in [0.05, 0.1) is 18.7 Å². The van der Waals surface area contributed by atoms with E-state index in [-0.39, 0.29) is 18.4 Å². The number of hydrogen-bond acceptors (Lipinski definition) is 3. The SMILES string of the molecule is COCC(C)CNC(=O)c1ccccc1C#CCN. The standard InChI is InChI=1S/C15H20N2O2/c1-12(11-19-2)10-17-15(18)14-8-4-3-6-13(14)7-5-9-16/h3-4,6,8,12H,9-11,16H2,1-2H3,(H,17,18). The van der Waals surface area contributed by atoms with Crippen molar-refractivity contribution in [2.24, 2.45) is 11.7 Å². The number of ether oxygens (including phenoxy) is 1. The highest BCUT2D eigenvalue weighted by molar-refractivity contribution is 5.96. The van der Waals surface area contributed by atoms with Crippen LogP contribution in [0.3, 0.4) is 0 Å². The molecule has 4 heteroatoms. The van der Waals surface area contributed by atoms with Gasteiger partial charge in [0.15, 0.2) is 0 Å². The van der Waals surface area contributed by atoms with Gasteiger partial charge in [-0.05, 0) is 18.1 Å². The summed E-state index contributed by atoms with van der Waals surface area (Å²) in [5.74, 6) is 5.82. The molecule has 1 amide bonds. The zero-order chi connectivity index (χ0) is 14.1. The van der Waals surface area contributed by atoms with Gasteiger partial charge in [-0.25, -0.2) is 0 Å². The lowest BCUT2D eigenvalue weighted by Crippen LogP contribution is -2.30. The molecule has 0 saturated carbocycles. The predicted octanol–water partition coefficient (Wildman–Crippen LogP) is 1.01. The molecule has 0 radical (unpaired) electrons. The number of hydrogen-bond donors (Lipinski definition) is 2. The Morgan fingerprint density at radius 3 is 2.89 bits per heavy atom. The zero-order valence-corrected chi connectivity index (χ0v) is 11.4. The first-order valence-corrected chi connectivity index (χ1v) is 6.24. The van der Waals surface area contributed by atoms with Crippen LogP contribution in [0.25, 0.3) is 0 Å². The first kappa shape index (κ1) is 15.2. The summed E-state index contributed by atoms with van der Waals surface area (Å²) in [5, 5.41) is 2.88. The van der Waals surface area contributed by atoms with Gasteiger partial charge < -0.3 is 15.8 Å². The Balaban J connectivity index is 2.71. The molecule has 0 spiro atoms. The maximum Gasteiger partial charge on any atom is 0.252 e. The van der Waals surface area contributed by atoms with Crippen molar-refractivity contribution in [3.63, 3.8) is 0 Å². The Hall–Kier alpha value is -1.83. The third kappa shape index (κ3) is 5.12. The monoisotopic (exact) mass is 260 g/mol. The number of carbonyl (C=O) groups is 1. The molecule has 0 heterocycles. The zero-order valence-electron chi connectivity index (χ0n) is 11.4. The fourth-order valence-electron chi connectivity index (χ4n) is 1.64. The largest absolute Gasteiger partial charge is 0.384 e. The van der Waals surface area contributed by atoms with Gasteiger partial charge in [0, 0.05) is 19.2 Å². The quantitative estimate of drug-likeness (QED) is 0.777. The van der Waals surface area contributed by atoms with Crippen LogP contribution in [0.2, 0.25) is 0 Å². The summed E-state index contributed by atoms with van der Waals surface area (Å²) in [5.41, 5.74) is 6.62. The van der Waals surface area contributed by atoms with Gasteiger partial charge in [0.25, 0.3) is 5.91 Å². The first-order valence-electron chi connectivity index (χ1n) is 6.24. The lowest BCUT2D eigenvalue weighted by atomic mass is 10.1. The van der Waals surface area contributed by atoms with Gasteiger partial charge in [-0.2, -0.15) is 0 Å². The molecule has 1 aromatic carbocycles. The molecule has 0 fully saturated rings. The van der Waals surface area contributed by atoms with Crippen molar-refractivity contribution in [1.82, 2.24) is 5.32 Å². The molecule has 0 bridgehead atoms. The van der Waals surface area contributed by atoms with E-state index in [1.807, 2.05) is 25.1 Å². The van der Waals surface area contributed by atoms with Crippen LogP contribution in [0.5, 0.6) is 0 Å². The van der Waals surface area contributed by atoms with Crippen molar-refractivity contribution in [2.75, 3.05) is 26.8 Å². The number of rotatable bonds is 5. The van der Waals surface area contributed by atoms with E-state index in [0.29, 0.717) is 24.3 Å². The molecule has 0 aliphatic rings. The van der Waals surface area contributed by atoms with E-state index in [4.69, 9.17) is 10.5 Å². The van der Waals surface area contributed by atoms with Gasteiger partial charge in [-0.15, -0.1) is 0 Å². The second kappa shape index (κ2) is 8.30. The van der Waals surface area contributed by atoms with Crippen molar-refractivity contribution >= 4 is 5.91 Å². The molecular formula is C15H20N2O2. The summed E-state index contributed by atoms with van der Waals surface area (Å²) in [6.45, 7) is 3.49. The minimum Gasteiger partial charge on any atom is -0.384 e. The summed E-state index contributed by atoms with van der Waals surface area (Å²) >= 11 is 0. The van der Waals surface area contributed by atoms with Crippen molar-refractivity contribution in [3.8, 4) is 11.8 Å². The highest BCUT2D eigenvalue weighted by atomic mass is 16.5. The Bertz CT molecular complexity index is 475. The van der Waals surface area contributed by atoms with Crippen LogP contribution in [-0.2, 0) is 4.74 Å². The Morgan fingerprint density at radius 2 is 2.21 bits per heavy atom. The van der Waals surface area contributed by atoms with Crippen molar-refractivity contribution < 1.29 is 9.53 Å². The van der Waals surface area contributed by atoms with Gasteiger partial charge in [-0.3, -0.25) is 4.79 Å². The molecule has 0 aromatic heterocycles. The minimum absolute atomic E-state index is 0.120. The van der Waals surface area contributed by atoms with Gasteiger partial charge in [0.1, 0.15) is 0 Å². The minimum atomic E-state index is -0.120. The van der Waals surface area contributed by atoms with Crippen LogP contribution >= 0.6 is 0 Å². The van der Waals surface area contributed by atoms with Crippen LogP contribution < -0.4 is 11.1 Å². The number of carbonyl (C=O) groups excluding carboxylic acids is 1. The van der Waals surface area contributed by atoms with Gasteiger partial charge >= 0.3 is 0 Å². The third-order valence-corrected chi connectivity index (χ3v) is 2.56. The van der Waals surface area contributed by atoms with Gasteiger partial charge in [-0.1, -0.05) is 30.9 Å². The number of nitrogens with two attached hydrogens (primary N) is 1. The van der Waals surface area contributed by atoms with Crippen LogP contribution in [0, 0.1) is 17.8 Å². The van der Waals surface area contributed by atoms with E-state index < -0.39 is 0 Å². The fourth-order valence-corrected chi connectivity index (χ4v) is 1.64. The predicted molar refractivity (Wildman–Crippen MR) is 75.7 cm³/mol. The van der Waals surface area contributed by atoms with Crippen molar-refractivity contribution in [2.45, 2.75) is 6.92 Å². The van der Waals surface area contributed by atoms with Crippen molar-refractivity contribution in [1.29, 1.82) is 0 Å². The second-order valence-electron chi connectivity index (χ2n) is 4.32. The number of benzene rings is 1. The van der Waals surface area contributed by atoms with Crippen LogP contribution in [-0.4, -0.2) is 32.7 Å². The third-order valence-electron chi connectivity index (χ3n) is 2.56.